The van der Waals surface area contributed by atoms with E-state index in [2.05, 4.69) is 10.3 Å². The van der Waals surface area contributed by atoms with Crippen LogP contribution in [0.2, 0.25) is 0 Å². The third-order valence-corrected chi connectivity index (χ3v) is 3.95. The number of fused-ring (bicyclic) bond motifs is 1. The quantitative estimate of drug-likeness (QED) is 0.768. The second-order valence-corrected chi connectivity index (χ2v) is 5.60. The van der Waals surface area contributed by atoms with Crippen LogP contribution in [0.3, 0.4) is 0 Å². The van der Waals surface area contributed by atoms with Crippen molar-refractivity contribution >= 4 is 17.4 Å². The Morgan fingerprint density at radius 1 is 1.23 bits per heavy atom. The summed E-state index contributed by atoms with van der Waals surface area (Å²) in [6.07, 6.45) is 5.17. The fraction of sp³-hybridized carbons (Fsp3) is 0.176. The molecule has 4 rings (SSSR count). The van der Waals surface area contributed by atoms with Gasteiger partial charge in [-0.3, -0.25) is 5.32 Å². The van der Waals surface area contributed by atoms with E-state index in [0.29, 0.717) is 11.6 Å². The Morgan fingerprint density at radius 2 is 2.00 bits per heavy atom. The van der Waals surface area contributed by atoms with Crippen LogP contribution in [0.15, 0.2) is 48.8 Å². The summed E-state index contributed by atoms with van der Waals surface area (Å²) in [6, 6.07) is 11.8. The number of pyridine rings is 1. The zero-order chi connectivity index (χ0) is 15.1. The first-order valence-corrected chi connectivity index (χ1v) is 7.29. The second-order valence-electron chi connectivity index (χ2n) is 5.60. The molecule has 0 atom stereocenters. The molecular weight excluding hydrogens is 278 g/mol. The van der Waals surface area contributed by atoms with E-state index in [1.807, 2.05) is 53.2 Å². The molecular formula is C17H15N3O2. The first kappa shape index (κ1) is 12.9. The van der Waals surface area contributed by atoms with Gasteiger partial charge in [0.05, 0.1) is 11.4 Å². The largest absolute Gasteiger partial charge is 0.465 e. The van der Waals surface area contributed by atoms with Crippen LogP contribution in [0, 0.1) is 0 Å². The summed E-state index contributed by atoms with van der Waals surface area (Å²) < 4.78 is 1.98. The number of hydrogen-bond acceptors (Lipinski definition) is 2. The summed E-state index contributed by atoms with van der Waals surface area (Å²) in [5.41, 5.74) is 4.37. The van der Waals surface area contributed by atoms with Crippen LogP contribution in [0.1, 0.15) is 24.3 Å². The molecule has 0 saturated heterocycles. The van der Waals surface area contributed by atoms with E-state index < -0.39 is 6.09 Å². The van der Waals surface area contributed by atoms with Crippen molar-refractivity contribution in [2.24, 2.45) is 0 Å². The number of anilines is 1. The number of nitrogens with one attached hydrogen (secondary N) is 1. The molecule has 2 heterocycles. The molecule has 1 aromatic carbocycles. The third kappa shape index (κ3) is 2.30. The Labute approximate surface area is 127 Å². The number of benzene rings is 1. The molecule has 5 heteroatoms. The Kier molecular flexibility index (Phi) is 2.85. The molecule has 5 nitrogen and oxygen atoms in total. The maximum Gasteiger partial charge on any atom is 0.409 e. The lowest BCUT2D eigenvalue weighted by Gasteiger charge is -2.08. The van der Waals surface area contributed by atoms with Crippen molar-refractivity contribution < 1.29 is 9.90 Å². The highest BCUT2D eigenvalue weighted by molar-refractivity contribution is 5.85. The monoisotopic (exact) mass is 293 g/mol. The van der Waals surface area contributed by atoms with Crippen molar-refractivity contribution in [2.75, 3.05) is 5.32 Å². The van der Waals surface area contributed by atoms with E-state index >= 15 is 0 Å². The lowest BCUT2D eigenvalue weighted by Crippen LogP contribution is -2.09. The van der Waals surface area contributed by atoms with Crippen molar-refractivity contribution in [1.82, 2.24) is 9.38 Å². The number of carbonyl (C=O) groups is 1. The van der Waals surface area contributed by atoms with Gasteiger partial charge in [0.2, 0.25) is 0 Å². The summed E-state index contributed by atoms with van der Waals surface area (Å²) in [4.78, 5) is 15.6. The predicted molar refractivity (Wildman–Crippen MR) is 84.3 cm³/mol. The van der Waals surface area contributed by atoms with Gasteiger partial charge in [-0.15, -0.1) is 0 Å². The summed E-state index contributed by atoms with van der Waals surface area (Å²) in [6.45, 7) is 0. The van der Waals surface area contributed by atoms with Crippen LogP contribution in [0.25, 0.3) is 16.9 Å². The molecule has 22 heavy (non-hydrogen) atoms. The molecule has 110 valence electrons. The smallest absolute Gasteiger partial charge is 0.409 e. The van der Waals surface area contributed by atoms with E-state index in [0.717, 1.165) is 35.3 Å². The zero-order valence-corrected chi connectivity index (χ0v) is 11.9. The van der Waals surface area contributed by atoms with E-state index in [9.17, 15) is 4.79 Å². The van der Waals surface area contributed by atoms with Gasteiger partial charge in [0, 0.05) is 24.0 Å². The molecule has 2 N–H and O–H groups in total. The van der Waals surface area contributed by atoms with Gasteiger partial charge in [-0.25, -0.2) is 9.78 Å². The molecule has 3 aromatic rings. The molecule has 1 saturated carbocycles. The highest BCUT2D eigenvalue weighted by Gasteiger charge is 2.27. The molecule has 0 radical (unpaired) electrons. The summed E-state index contributed by atoms with van der Waals surface area (Å²) in [5.74, 6) is 0.453. The van der Waals surface area contributed by atoms with Crippen LogP contribution in [-0.4, -0.2) is 20.6 Å². The van der Waals surface area contributed by atoms with Gasteiger partial charge < -0.3 is 9.51 Å². The van der Waals surface area contributed by atoms with Gasteiger partial charge >= 0.3 is 6.09 Å². The number of imidazole rings is 1. The molecule has 0 unspecified atom stereocenters. The van der Waals surface area contributed by atoms with Crippen LogP contribution in [-0.2, 0) is 0 Å². The standard InChI is InChI=1S/C17H15N3O2/c21-17(22)19-14-8-16-18-15(12-4-2-1-3-5-12)10-20(16)9-13(14)11-6-7-11/h1-5,8-11,19H,6-7H2,(H,21,22). The minimum absolute atomic E-state index is 0.453. The van der Waals surface area contributed by atoms with Gasteiger partial charge in [-0.2, -0.15) is 0 Å². The number of amides is 1. The number of rotatable bonds is 3. The molecule has 1 fully saturated rings. The van der Waals surface area contributed by atoms with Gasteiger partial charge in [-0.1, -0.05) is 30.3 Å². The number of nitrogens with zero attached hydrogens (tertiary/aromatic N) is 2. The zero-order valence-electron chi connectivity index (χ0n) is 11.9. The lowest BCUT2D eigenvalue weighted by atomic mass is 10.1. The summed E-state index contributed by atoms with van der Waals surface area (Å²) in [7, 11) is 0. The number of carboxylic acid groups (broad SMARTS) is 1. The van der Waals surface area contributed by atoms with Gasteiger partial charge in [0.15, 0.2) is 0 Å². The van der Waals surface area contributed by atoms with Crippen molar-refractivity contribution in [3.63, 3.8) is 0 Å². The van der Waals surface area contributed by atoms with E-state index in [-0.39, 0.29) is 0 Å². The summed E-state index contributed by atoms with van der Waals surface area (Å²) in [5, 5.41) is 11.5. The Morgan fingerprint density at radius 3 is 2.68 bits per heavy atom. The maximum atomic E-state index is 11.0. The average molecular weight is 293 g/mol. The molecule has 2 aromatic heterocycles. The normalized spacial score (nSPS) is 14.2. The first-order valence-electron chi connectivity index (χ1n) is 7.29. The Balaban J connectivity index is 1.83. The minimum atomic E-state index is -1.04. The van der Waals surface area contributed by atoms with Crippen molar-refractivity contribution in [3.05, 3.63) is 54.4 Å². The molecule has 0 bridgehead atoms. The highest BCUT2D eigenvalue weighted by Crippen LogP contribution is 2.43. The molecule has 1 aliphatic rings. The van der Waals surface area contributed by atoms with Crippen LogP contribution in [0.5, 0.6) is 0 Å². The minimum Gasteiger partial charge on any atom is -0.465 e. The third-order valence-electron chi connectivity index (χ3n) is 3.95. The molecule has 0 aliphatic heterocycles. The van der Waals surface area contributed by atoms with Gasteiger partial charge in [0.25, 0.3) is 0 Å². The van der Waals surface area contributed by atoms with E-state index in [1.165, 1.54) is 0 Å². The maximum absolute atomic E-state index is 11.0. The van der Waals surface area contributed by atoms with Crippen molar-refractivity contribution in [1.29, 1.82) is 0 Å². The Hall–Kier alpha value is -2.82. The van der Waals surface area contributed by atoms with Crippen molar-refractivity contribution in [2.45, 2.75) is 18.8 Å². The number of hydrogen-bond donors (Lipinski definition) is 2. The fourth-order valence-electron chi connectivity index (χ4n) is 2.74. The molecule has 1 amide bonds. The van der Waals surface area contributed by atoms with E-state index in [1.54, 1.807) is 0 Å². The van der Waals surface area contributed by atoms with Crippen LogP contribution >= 0.6 is 0 Å². The topological polar surface area (TPSA) is 66.6 Å². The molecule has 1 aliphatic carbocycles. The molecule has 0 spiro atoms. The Bertz CT molecular complexity index is 851. The summed E-state index contributed by atoms with van der Waals surface area (Å²) >= 11 is 0. The van der Waals surface area contributed by atoms with Gasteiger partial charge in [-0.05, 0) is 24.3 Å². The van der Waals surface area contributed by atoms with Crippen LogP contribution in [0.4, 0.5) is 10.5 Å². The fourth-order valence-corrected chi connectivity index (χ4v) is 2.74. The predicted octanol–water partition coefficient (Wildman–Crippen LogP) is 3.97. The SMILES string of the molecule is O=C(O)Nc1cc2nc(-c3ccccc3)cn2cc1C1CC1. The number of aromatic nitrogens is 2. The van der Waals surface area contributed by atoms with Crippen molar-refractivity contribution in [3.8, 4) is 11.3 Å². The van der Waals surface area contributed by atoms with E-state index in [4.69, 9.17) is 5.11 Å². The second kappa shape index (κ2) is 4.87. The lowest BCUT2D eigenvalue weighted by molar-refractivity contribution is 0.209. The van der Waals surface area contributed by atoms with Crippen LogP contribution < -0.4 is 5.32 Å². The highest BCUT2D eigenvalue weighted by atomic mass is 16.4. The first-order chi connectivity index (χ1) is 10.7. The average Bonchev–Trinajstić information content (AvgIpc) is 3.27. The van der Waals surface area contributed by atoms with Gasteiger partial charge in [0.1, 0.15) is 5.65 Å².